The summed E-state index contributed by atoms with van der Waals surface area (Å²) in [5.74, 6) is 0.744. The van der Waals surface area contributed by atoms with Crippen LogP contribution in [0, 0.1) is 5.92 Å². The zero-order valence-electron chi connectivity index (χ0n) is 8.60. The molecular formula is C9H21N3O. The summed E-state index contributed by atoms with van der Waals surface area (Å²) in [6.45, 7) is 6.80. The Morgan fingerprint density at radius 3 is 2.38 bits per heavy atom. The molecule has 4 N–H and O–H groups in total. The highest BCUT2D eigenvalue weighted by atomic mass is 16.2. The second-order valence-electron chi connectivity index (χ2n) is 3.18. The predicted octanol–water partition coefficient (Wildman–Crippen LogP) is 0.680. The first-order chi connectivity index (χ1) is 6.20. The monoisotopic (exact) mass is 187 g/mol. The number of primary amides is 1. The van der Waals surface area contributed by atoms with Crippen molar-refractivity contribution in [3.05, 3.63) is 0 Å². The summed E-state index contributed by atoms with van der Waals surface area (Å²) in [6.07, 6.45) is 2.40. The second-order valence-corrected chi connectivity index (χ2v) is 3.18. The smallest absolute Gasteiger partial charge is 0.312 e. The Bertz CT molecular complexity index is 135. The van der Waals surface area contributed by atoms with Gasteiger partial charge in [0.25, 0.3) is 0 Å². The Morgan fingerprint density at radius 2 is 1.92 bits per heavy atom. The van der Waals surface area contributed by atoms with Gasteiger partial charge in [-0.15, -0.1) is 0 Å². The fourth-order valence-corrected chi connectivity index (χ4v) is 1.16. The lowest BCUT2D eigenvalue weighted by atomic mass is 10.0. The standard InChI is InChI=1S/C9H21N3O/c1-3-8(4-2)7-11-5-6-12-9(10)13/h8,11H,3-7H2,1-2H3,(H3,10,12,13). The van der Waals surface area contributed by atoms with Gasteiger partial charge in [-0.05, 0) is 12.5 Å². The molecule has 0 aliphatic carbocycles. The van der Waals surface area contributed by atoms with Gasteiger partial charge >= 0.3 is 6.03 Å². The average molecular weight is 187 g/mol. The molecule has 4 nitrogen and oxygen atoms in total. The predicted molar refractivity (Wildman–Crippen MR) is 54.5 cm³/mol. The van der Waals surface area contributed by atoms with Crippen LogP contribution >= 0.6 is 0 Å². The first-order valence-electron chi connectivity index (χ1n) is 4.94. The maximum atomic E-state index is 10.3. The van der Waals surface area contributed by atoms with E-state index in [1.54, 1.807) is 0 Å². The summed E-state index contributed by atoms with van der Waals surface area (Å²) < 4.78 is 0. The molecule has 0 heterocycles. The number of carbonyl (C=O) groups excluding carboxylic acids is 1. The van der Waals surface area contributed by atoms with Gasteiger partial charge in [-0.1, -0.05) is 26.7 Å². The van der Waals surface area contributed by atoms with Gasteiger partial charge in [0, 0.05) is 13.1 Å². The molecule has 0 aromatic rings. The zero-order valence-corrected chi connectivity index (χ0v) is 8.60. The first kappa shape index (κ1) is 12.2. The minimum Gasteiger partial charge on any atom is -0.352 e. The Hall–Kier alpha value is -0.770. The van der Waals surface area contributed by atoms with E-state index in [0.29, 0.717) is 6.54 Å². The van der Waals surface area contributed by atoms with Crippen LogP contribution in [0.3, 0.4) is 0 Å². The molecule has 0 aliphatic heterocycles. The van der Waals surface area contributed by atoms with E-state index in [2.05, 4.69) is 24.5 Å². The highest BCUT2D eigenvalue weighted by Crippen LogP contribution is 2.04. The van der Waals surface area contributed by atoms with Gasteiger partial charge in [0.1, 0.15) is 0 Å². The quantitative estimate of drug-likeness (QED) is 0.513. The van der Waals surface area contributed by atoms with E-state index in [1.165, 1.54) is 12.8 Å². The summed E-state index contributed by atoms with van der Waals surface area (Å²) in [5.41, 5.74) is 4.91. The number of rotatable bonds is 7. The third-order valence-corrected chi connectivity index (χ3v) is 2.19. The maximum absolute atomic E-state index is 10.3. The SMILES string of the molecule is CCC(CC)CNCCNC(N)=O. The highest BCUT2D eigenvalue weighted by molar-refractivity contribution is 5.71. The molecule has 2 amide bonds. The molecule has 78 valence electrons. The van der Waals surface area contributed by atoms with Gasteiger partial charge < -0.3 is 16.4 Å². The summed E-state index contributed by atoms with van der Waals surface area (Å²) in [4.78, 5) is 10.3. The number of hydrogen-bond donors (Lipinski definition) is 3. The van der Waals surface area contributed by atoms with Crippen LogP contribution in [-0.4, -0.2) is 25.7 Å². The topological polar surface area (TPSA) is 67.2 Å². The van der Waals surface area contributed by atoms with Crippen molar-refractivity contribution in [2.45, 2.75) is 26.7 Å². The van der Waals surface area contributed by atoms with E-state index in [4.69, 9.17) is 5.73 Å². The Labute approximate surface area is 80.3 Å². The Kier molecular flexibility index (Phi) is 7.39. The van der Waals surface area contributed by atoms with Crippen molar-refractivity contribution in [2.75, 3.05) is 19.6 Å². The molecule has 0 atom stereocenters. The molecule has 0 aromatic carbocycles. The molecule has 0 radical (unpaired) electrons. The summed E-state index contributed by atoms with van der Waals surface area (Å²) in [5, 5.41) is 5.80. The van der Waals surface area contributed by atoms with Gasteiger partial charge in [0.05, 0.1) is 0 Å². The van der Waals surface area contributed by atoms with Gasteiger partial charge in [0.15, 0.2) is 0 Å². The van der Waals surface area contributed by atoms with Crippen LogP contribution in [0.25, 0.3) is 0 Å². The van der Waals surface area contributed by atoms with Crippen molar-refractivity contribution in [1.82, 2.24) is 10.6 Å². The summed E-state index contributed by atoms with van der Waals surface area (Å²) >= 11 is 0. The second kappa shape index (κ2) is 7.86. The minimum absolute atomic E-state index is 0.454. The van der Waals surface area contributed by atoms with Crippen LogP contribution in [0.15, 0.2) is 0 Å². The van der Waals surface area contributed by atoms with Gasteiger partial charge in [0.2, 0.25) is 0 Å². The van der Waals surface area contributed by atoms with Crippen LogP contribution in [-0.2, 0) is 0 Å². The van der Waals surface area contributed by atoms with E-state index in [9.17, 15) is 4.79 Å². The summed E-state index contributed by atoms with van der Waals surface area (Å²) in [6, 6.07) is -0.454. The Morgan fingerprint density at radius 1 is 1.31 bits per heavy atom. The number of urea groups is 1. The maximum Gasteiger partial charge on any atom is 0.312 e. The number of nitrogens with one attached hydrogen (secondary N) is 2. The molecule has 0 aliphatic rings. The van der Waals surface area contributed by atoms with Crippen LogP contribution < -0.4 is 16.4 Å². The number of amides is 2. The summed E-state index contributed by atoms with van der Waals surface area (Å²) in [7, 11) is 0. The largest absolute Gasteiger partial charge is 0.352 e. The molecule has 0 rings (SSSR count). The molecule has 0 aromatic heterocycles. The van der Waals surface area contributed by atoms with Gasteiger partial charge in [-0.2, -0.15) is 0 Å². The third kappa shape index (κ3) is 7.59. The van der Waals surface area contributed by atoms with Crippen molar-refractivity contribution >= 4 is 6.03 Å². The third-order valence-electron chi connectivity index (χ3n) is 2.19. The fourth-order valence-electron chi connectivity index (χ4n) is 1.16. The average Bonchev–Trinajstić information content (AvgIpc) is 2.11. The first-order valence-corrected chi connectivity index (χ1v) is 4.94. The lowest BCUT2D eigenvalue weighted by molar-refractivity contribution is 0.249. The van der Waals surface area contributed by atoms with Crippen molar-refractivity contribution in [3.63, 3.8) is 0 Å². The molecule has 0 bridgehead atoms. The number of nitrogens with two attached hydrogens (primary N) is 1. The molecule has 4 heteroatoms. The van der Waals surface area contributed by atoms with Crippen LogP contribution in [0.2, 0.25) is 0 Å². The Balaban J connectivity index is 3.19. The van der Waals surface area contributed by atoms with Crippen molar-refractivity contribution in [1.29, 1.82) is 0 Å². The molecule has 0 spiro atoms. The van der Waals surface area contributed by atoms with Gasteiger partial charge in [-0.25, -0.2) is 4.79 Å². The normalized spacial score (nSPS) is 10.4. The number of hydrogen-bond acceptors (Lipinski definition) is 2. The molecular weight excluding hydrogens is 166 g/mol. The van der Waals surface area contributed by atoms with E-state index in [0.717, 1.165) is 19.0 Å². The van der Waals surface area contributed by atoms with Crippen LogP contribution in [0.5, 0.6) is 0 Å². The molecule has 0 saturated carbocycles. The van der Waals surface area contributed by atoms with Crippen LogP contribution in [0.1, 0.15) is 26.7 Å². The molecule has 0 unspecified atom stereocenters. The van der Waals surface area contributed by atoms with Crippen LogP contribution in [0.4, 0.5) is 4.79 Å². The van der Waals surface area contributed by atoms with E-state index < -0.39 is 6.03 Å². The van der Waals surface area contributed by atoms with Gasteiger partial charge in [-0.3, -0.25) is 0 Å². The van der Waals surface area contributed by atoms with E-state index >= 15 is 0 Å². The number of carbonyl (C=O) groups is 1. The lowest BCUT2D eigenvalue weighted by Gasteiger charge is -2.12. The van der Waals surface area contributed by atoms with Crippen molar-refractivity contribution < 1.29 is 4.79 Å². The highest BCUT2D eigenvalue weighted by Gasteiger charge is 2.01. The molecule has 13 heavy (non-hydrogen) atoms. The van der Waals surface area contributed by atoms with E-state index in [-0.39, 0.29) is 0 Å². The van der Waals surface area contributed by atoms with Crippen molar-refractivity contribution in [3.8, 4) is 0 Å². The van der Waals surface area contributed by atoms with E-state index in [1.807, 2.05) is 0 Å². The zero-order chi connectivity index (χ0) is 10.1. The lowest BCUT2D eigenvalue weighted by Crippen LogP contribution is -2.36. The van der Waals surface area contributed by atoms with Crippen molar-refractivity contribution in [2.24, 2.45) is 11.7 Å². The molecule has 0 fully saturated rings. The molecule has 0 saturated heterocycles. The fraction of sp³-hybridized carbons (Fsp3) is 0.889. The minimum atomic E-state index is -0.454.